The fraction of sp³-hybridized carbons (Fsp3) is 0.933. The molecule has 0 aromatic carbocycles. The Labute approximate surface area is 116 Å². The van der Waals surface area contributed by atoms with Crippen molar-refractivity contribution in [2.45, 2.75) is 45.1 Å². The van der Waals surface area contributed by atoms with E-state index in [-0.39, 0.29) is 0 Å². The van der Waals surface area contributed by atoms with Gasteiger partial charge in [0, 0.05) is 38.6 Å². The molecule has 4 nitrogen and oxygen atoms in total. The lowest BCUT2D eigenvalue weighted by atomic mass is 10.0. The van der Waals surface area contributed by atoms with E-state index < -0.39 is 5.60 Å². The maximum Gasteiger partial charge on any atom is 0.149 e. The van der Waals surface area contributed by atoms with Crippen molar-refractivity contribution in [1.29, 1.82) is 0 Å². The van der Waals surface area contributed by atoms with E-state index in [1.807, 2.05) is 13.8 Å². The van der Waals surface area contributed by atoms with Gasteiger partial charge in [0.15, 0.2) is 0 Å². The van der Waals surface area contributed by atoms with Crippen LogP contribution >= 0.6 is 0 Å². The molecule has 1 N–H and O–H groups in total. The van der Waals surface area contributed by atoms with E-state index >= 15 is 0 Å². The van der Waals surface area contributed by atoms with Gasteiger partial charge in [0.2, 0.25) is 0 Å². The van der Waals surface area contributed by atoms with Crippen LogP contribution in [0.3, 0.4) is 0 Å². The fourth-order valence-corrected chi connectivity index (χ4v) is 3.25. The molecule has 1 saturated carbocycles. The van der Waals surface area contributed by atoms with Crippen LogP contribution in [-0.4, -0.2) is 65.6 Å². The Bertz CT molecular complexity index is 298. The Kier molecular flexibility index (Phi) is 4.98. The smallest absolute Gasteiger partial charge is 0.149 e. The summed E-state index contributed by atoms with van der Waals surface area (Å²) < 4.78 is 0. The molecule has 0 atom stereocenters. The Morgan fingerprint density at radius 1 is 1.11 bits per heavy atom. The summed E-state index contributed by atoms with van der Waals surface area (Å²) in [7, 11) is 0. The van der Waals surface area contributed by atoms with Crippen molar-refractivity contribution in [2.24, 2.45) is 5.92 Å². The van der Waals surface area contributed by atoms with Gasteiger partial charge in [-0.05, 0) is 26.7 Å². The molecule has 110 valence electrons. The normalized spacial score (nSPS) is 23.9. The minimum Gasteiger partial charge on any atom is -0.389 e. The van der Waals surface area contributed by atoms with Gasteiger partial charge in [0.05, 0.1) is 12.1 Å². The first-order valence-electron chi connectivity index (χ1n) is 7.64. The molecule has 19 heavy (non-hydrogen) atoms. The lowest BCUT2D eigenvalue weighted by molar-refractivity contribution is -0.124. The highest BCUT2D eigenvalue weighted by molar-refractivity contribution is 5.83. The predicted octanol–water partition coefficient (Wildman–Crippen LogP) is 1.13. The minimum absolute atomic E-state index is 0.342. The van der Waals surface area contributed by atoms with E-state index in [4.69, 9.17) is 0 Å². The van der Waals surface area contributed by atoms with Crippen LogP contribution in [0.2, 0.25) is 0 Å². The van der Waals surface area contributed by atoms with Crippen LogP contribution in [0.25, 0.3) is 0 Å². The number of hydrogen-bond donors (Lipinski definition) is 1. The highest BCUT2D eigenvalue weighted by atomic mass is 16.3. The molecular weight excluding hydrogens is 240 g/mol. The molecule has 2 fully saturated rings. The molecular formula is C15H28N2O2. The second-order valence-electron chi connectivity index (χ2n) is 6.81. The summed E-state index contributed by atoms with van der Waals surface area (Å²) in [5, 5.41) is 9.82. The average molecular weight is 268 g/mol. The molecule has 0 unspecified atom stereocenters. The van der Waals surface area contributed by atoms with Crippen molar-refractivity contribution in [3.63, 3.8) is 0 Å². The molecule has 2 aliphatic rings. The molecule has 0 aromatic rings. The number of nitrogens with zero attached hydrogens (tertiary/aromatic N) is 2. The Balaban J connectivity index is 1.69. The van der Waals surface area contributed by atoms with Crippen molar-refractivity contribution < 1.29 is 9.90 Å². The molecule has 0 bridgehead atoms. The summed E-state index contributed by atoms with van der Waals surface area (Å²) in [6.07, 6.45) is 4.68. The van der Waals surface area contributed by atoms with Gasteiger partial charge in [-0.3, -0.25) is 14.6 Å². The van der Waals surface area contributed by atoms with E-state index in [9.17, 15) is 9.90 Å². The van der Waals surface area contributed by atoms with Crippen LogP contribution in [0.5, 0.6) is 0 Å². The SMILES string of the molecule is CC(C)(O)CN1CCN(CC(=O)C2CCCC2)CC1. The number of hydrogen-bond acceptors (Lipinski definition) is 4. The molecule has 1 aliphatic carbocycles. The van der Waals surface area contributed by atoms with Crippen molar-refractivity contribution in [3.8, 4) is 0 Å². The Morgan fingerprint density at radius 2 is 1.63 bits per heavy atom. The number of piperazine rings is 1. The molecule has 0 radical (unpaired) electrons. The maximum atomic E-state index is 12.1. The van der Waals surface area contributed by atoms with Crippen molar-refractivity contribution in [1.82, 2.24) is 9.80 Å². The molecule has 4 heteroatoms. The third kappa shape index (κ3) is 4.86. The quantitative estimate of drug-likeness (QED) is 0.812. The van der Waals surface area contributed by atoms with Gasteiger partial charge >= 0.3 is 0 Å². The lowest BCUT2D eigenvalue weighted by Gasteiger charge is -2.37. The molecule has 1 aliphatic heterocycles. The van der Waals surface area contributed by atoms with E-state index in [1.54, 1.807) is 0 Å². The number of rotatable bonds is 5. The largest absolute Gasteiger partial charge is 0.389 e. The topological polar surface area (TPSA) is 43.8 Å². The average Bonchev–Trinajstić information content (AvgIpc) is 2.83. The third-order valence-electron chi connectivity index (χ3n) is 4.27. The number of carbonyl (C=O) groups excluding carboxylic acids is 1. The van der Waals surface area contributed by atoms with E-state index in [0.717, 1.165) is 45.6 Å². The van der Waals surface area contributed by atoms with Gasteiger partial charge in [-0.15, -0.1) is 0 Å². The first-order valence-corrected chi connectivity index (χ1v) is 7.64. The van der Waals surface area contributed by atoms with Crippen LogP contribution in [0, 0.1) is 5.92 Å². The van der Waals surface area contributed by atoms with E-state index in [0.29, 0.717) is 18.2 Å². The first-order chi connectivity index (χ1) is 8.94. The molecule has 0 amide bonds. The molecule has 2 rings (SSSR count). The van der Waals surface area contributed by atoms with Crippen molar-refractivity contribution in [2.75, 3.05) is 39.3 Å². The summed E-state index contributed by atoms with van der Waals surface area (Å²) >= 11 is 0. The second-order valence-corrected chi connectivity index (χ2v) is 6.81. The number of aliphatic hydroxyl groups is 1. The van der Waals surface area contributed by atoms with Crippen LogP contribution < -0.4 is 0 Å². The lowest BCUT2D eigenvalue weighted by Crippen LogP contribution is -2.51. The van der Waals surface area contributed by atoms with Gasteiger partial charge in [-0.1, -0.05) is 12.8 Å². The Hall–Kier alpha value is -0.450. The first kappa shape index (κ1) is 14.9. The molecule has 1 saturated heterocycles. The van der Waals surface area contributed by atoms with Gasteiger partial charge in [-0.25, -0.2) is 0 Å². The second kappa shape index (κ2) is 6.33. The minimum atomic E-state index is -0.623. The zero-order valence-corrected chi connectivity index (χ0v) is 12.4. The summed E-state index contributed by atoms with van der Waals surface area (Å²) in [4.78, 5) is 16.7. The van der Waals surface area contributed by atoms with Gasteiger partial charge in [0.1, 0.15) is 5.78 Å². The van der Waals surface area contributed by atoms with E-state index in [1.165, 1.54) is 12.8 Å². The zero-order valence-electron chi connectivity index (χ0n) is 12.4. The standard InChI is InChI=1S/C15H28N2O2/c1-15(2,19)12-17-9-7-16(8-10-17)11-14(18)13-5-3-4-6-13/h13,19H,3-12H2,1-2H3. The van der Waals surface area contributed by atoms with Gasteiger partial charge < -0.3 is 5.11 Å². The summed E-state index contributed by atoms with van der Waals surface area (Å²) in [6.45, 7) is 8.89. The highest BCUT2D eigenvalue weighted by Gasteiger charge is 2.27. The number of Topliss-reactive ketones (excluding diaryl/α,β-unsaturated/α-hetero) is 1. The number of β-amino-alcohol motifs (C(OH)–C–C–N with tert-alkyl or cyclic N) is 1. The molecule has 0 spiro atoms. The number of ketones is 1. The maximum absolute atomic E-state index is 12.1. The third-order valence-corrected chi connectivity index (χ3v) is 4.27. The summed E-state index contributed by atoms with van der Waals surface area (Å²) in [6, 6.07) is 0. The molecule has 1 heterocycles. The van der Waals surface area contributed by atoms with E-state index in [2.05, 4.69) is 9.80 Å². The predicted molar refractivity (Wildman–Crippen MR) is 76.1 cm³/mol. The van der Waals surface area contributed by atoms with Crippen LogP contribution in [0.15, 0.2) is 0 Å². The zero-order chi connectivity index (χ0) is 13.9. The Morgan fingerprint density at radius 3 is 2.16 bits per heavy atom. The summed E-state index contributed by atoms with van der Waals surface area (Å²) in [5.41, 5.74) is -0.623. The summed E-state index contributed by atoms with van der Waals surface area (Å²) in [5.74, 6) is 0.794. The van der Waals surface area contributed by atoms with Crippen LogP contribution in [0.1, 0.15) is 39.5 Å². The van der Waals surface area contributed by atoms with Crippen molar-refractivity contribution >= 4 is 5.78 Å². The fourth-order valence-electron chi connectivity index (χ4n) is 3.25. The molecule has 0 aromatic heterocycles. The monoisotopic (exact) mass is 268 g/mol. The van der Waals surface area contributed by atoms with Gasteiger partial charge in [0.25, 0.3) is 0 Å². The van der Waals surface area contributed by atoms with Crippen LogP contribution in [-0.2, 0) is 4.79 Å². The van der Waals surface area contributed by atoms with Crippen LogP contribution in [0.4, 0.5) is 0 Å². The highest BCUT2D eigenvalue weighted by Crippen LogP contribution is 2.25. The van der Waals surface area contributed by atoms with Gasteiger partial charge in [-0.2, -0.15) is 0 Å². The van der Waals surface area contributed by atoms with Crippen molar-refractivity contribution in [3.05, 3.63) is 0 Å². The number of carbonyl (C=O) groups is 1.